The zero-order valence-corrected chi connectivity index (χ0v) is 15.4. The molecule has 130 valence electrons. The number of rotatable bonds is 2. The van der Waals surface area contributed by atoms with Crippen LogP contribution in [0.15, 0.2) is 36.4 Å². The highest BCUT2D eigenvalue weighted by molar-refractivity contribution is 5.47. The number of benzene rings is 2. The van der Waals surface area contributed by atoms with Crippen molar-refractivity contribution >= 4 is 0 Å². The maximum absolute atomic E-state index is 9.84. The summed E-state index contributed by atoms with van der Waals surface area (Å²) in [6.45, 7) is 7.91. The number of aryl methyl sites for hydroxylation is 2. The molecule has 0 radical (unpaired) electrons. The van der Waals surface area contributed by atoms with Crippen molar-refractivity contribution < 1.29 is 10.2 Å². The van der Waals surface area contributed by atoms with Crippen molar-refractivity contribution in [1.29, 1.82) is 0 Å². The molecule has 1 fully saturated rings. The molecule has 2 aromatic carbocycles. The molecule has 0 aromatic heterocycles. The van der Waals surface area contributed by atoms with Crippen LogP contribution in [-0.2, 0) is 5.41 Å². The van der Waals surface area contributed by atoms with E-state index in [9.17, 15) is 10.2 Å². The third kappa shape index (κ3) is 3.43. The minimum Gasteiger partial charge on any atom is -0.508 e. The molecule has 0 heterocycles. The quantitative estimate of drug-likeness (QED) is 0.711. The van der Waals surface area contributed by atoms with Gasteiger partial charge in [0.2, 0.25) is 0 Å². The van der Waals surface area contributed by atoms with Crippen LogP contribution in [0.1, 0.15) is 68.2 Å². The van der Waals surface area contributed by atoms with Gasteiger partial charge in [-0.25, -0.2) is 0 Å². The molecule has 2 aromatic rings. The Bertz CT molecular complexity index is 629. The summed E-state index contributed by atoms with van der Waals surface area (Å²) in [6.07, 6.45) is 5.98. The van der Waals surface area contributed by atoms with Crippen molar-refractivity contribution in [2.45, 2.75) is 65.2 Å². The maximum atomic E-state index is 9.84. The van der Waals surface area contributed by atoms with Gasteiger partial charge < -0.3 is 10.2 Å². The number of phenols is 2. The first-order valence-electron chi connectivity index (χ1n) is 9.13. The molecule has 0 spiro atoms. The van der Waals surface area contributed by atoms with Crippen LogP contribution in [-0.4, -0.2) is 10.2 Å². The fourth-order valence-electron chi connectivity index (χ4n) is 3.81. The topological polar surface area (TPSA) is 40.5 Å². The van der Waals surface area contributed by atoms with E-state index < -0.39 is 0 Å². The summed E-state index contributed by atoms with van der Waals surface area (Å²) in [4.78, 5) is 0. The fourth-order valence-corrected chi connectivity index (χ4v) is 3.81. The molecule has 0 unspecified atom stereocenters. The smallest absolute Gasteiger partial charge is 0.118 e. The molecule has 0 bridgehead atoms. The van der Waals surface area contributed by atoms with E-state index in [4.69, 9.17) is 0 Å². The lowest BCUT2D eigenvalue weighted by Gasteiger charge is -2.39. The van der Waals surface area contributed by atoms with Crippen LogP contribution in [0.4, 0.5) is 0 Å². The normalized spacial score (nSPS) is 16.2. The van der Waals surface area contributed by atoms with Crippen LogP contribution in [0.5, 0.6) is 11.5 Å². The molecule has 0 aliphatic heterocycles. The molecular weight excluding hydrogens is 296 g/mol. The fraction of sp³-hybridized carbons (Fsp3) is 0.455. The van der Waals surface area contributed by atoms with Crippen LogP contribution in [0.2, 0.25) is 0 Å². The van der Waals surface area contributed by atoms with Crippen molar-refractivity contribution in [1.82, 2.24) is 0 Å². The Morgan fingerprint density at radius 1 is 0.708 bits per heavy atom. The van der Waals surface area contributed by atoms with Gasteiger partial charge in [0.05, 0.1) is 0 Å². The van der Waals surface area contributed by atoms with E-state index in [0.29, 0.717) is 11.5 Å². The van der Waals surface area contributed by atoms with E-state index in [1.54, 1.807) is 0 Å². The predicted molar refractivity (Wildman–Crippen MR) is 101 cm³/mol. The first-order valence-corrected chi connectivity index (χ1v) is 9.13. The van der Waals surface area contributed by atoms with Gasteiger partial charge in [-0.3, -0.25) is 0 Å². The van der Waals surface area contributed by atoms with E-state index >= 15 is 0 Å². The summed E-state index contributed by atoms with van der Waals surface area (Å²) in [5.41, 5.74) is 4.44. The maximum Gasteiger partial charge on any atom is 0.118 e. The summed E-state index contributed by atoms with van der Waals surface area (Å²) < 4.78 is 0. The van der Waals surface area contributed by atoms with Crippen molar-refractivity contribution in [3.8, 4) is 11.5 Å². The SMILES string of the molecule is CC.Cc1cc(C2(c3ccc(O)c(C)c3)CCCCC2)ccc1O. The van der Waals surface area contributed by atoms with E-state index in [1.165, 1.54) is 30.4 Å². The highest BCUT2D eigenvalue weighted by atomic mass is 16.3. The summed E-state index contributed by atoms with van der Waals surface area (Å²) >= 11 is 0. The molecule has 2 N–H and O–H groups in total. The number of phenolic OH excluding ortho intramolecular Hbond substituents is 2. The molecule has 3 rings (SSSR count). The van der Waals surface area contributed by atoms with Crippen LogP contribution in [0.3, 0.4) is 0 Å². The zero-order chi connectivity index (χ0) is 17.7. The standard InChI is InChI=1S/C20H24O2.C2H6/c1-14-12-16(6-8-18(14)21)20(10-4-3-5-11-20)17-7-9-19(22)15(2)13-17;1-2/h6-9,12-13,21-22H,3-5,10-11H2,1-2H3;1-2H3. The number of hydrogen-bond donors (Lipinski definition) is 2. The number of hydrogen-bond acceptors (Lipinski definition) is 2. The molecule has 0 atom stereocenters. The highest BCUT2D eigenvalue weighted by Crippen LogP contribution is 2.46. The summed E-state index contributed by atoms with van der Waals surface area (Å²) in [5.74, 6) is 0.716. The molecule has 0 amide bonds. The first kappa shape index (κ1) is 18.4. The lowest BCUT2D eigenvalue weighted by Crippen LogP contribution is -2.30. The molecule has 1 aliphatic rings. The molecule has 24 heavy (non-hydrogen) atoms. The van der Waals surface area contributed by atoms with Gasteiger partial charge in [-0.05, 0) is 61.1 Å². The summed E-state index contributed by atoms with van der Waals surface area (Å²) in [5, 5.41) is 19.7. The van der Waals surface area contributed by atoms with Crippen LogP contribution < -0.4 is 0 Å². The third-order valence-electron chi connectivity index (χ3n) is 5.21. The molecule has 2 nitrogen and oxygen atoms in total. The number of aromatic hydroxyl groups is 2. The van der Waals surface area contributed by atoms with Crippen molar-refractivity contribution in [3.63, 3.8) is 0 Å². The lowest BCUT2D eigenvalue weighted by molar-refractivity contribution is 0.344. The van der Waals surface area contributed by atoms with Crippen LogP contribution >= 0.6 is 0 Å². The third-order valence-corrected chi connectivity index (χ3v) is 5.21. The van der Waals surface area contributed by atoms with E-state index in [-0.39, 0.29) is 5.41 Å². The van der Waals surface area contributed by atoms with Crippen molar-refractivity contribution in [2.75, 3.05) is 0 Å². The highest BCUT2D eigenvalue weighted by Gasteiger charge is 2.36. The van der Waals surface area contributed by atoms with Crippen LogP contribution in [0, 0.1) is 13.8 Å². The second-order valence-electron chi connectivity index (χ2n) is 6.65. The van der Waals surface area contributed by atoms with E-state index in [0.717, 1.165) is 24.0 Å². The molecule has 1 aliphatic carbocycles. The largest absolute Gasteiger partial charge is 0.508 e. The Labute approximate surface area is 146 Å². The van der Waals surface area contributed by atoms with Gasteiger partial charge >= 0.3 is 0 Å². The molecule has 1 saturated carbocycles. The predicted octanol–water partition coefficient (Wildman–Crippen LogP) is 5.99. The van der Waals surface area contributed by atoms with E-state index in [2.05, 4.69) is 24.3 Å². The van der Waals surface area contributed by atoms with Crippen LogP contribution in [0.25, 0.3) is 0 Å². The monoisotopic (exact) mass is 326 g/mol. The van der Waals surface area contributed by atoms with Gasteiger partial charge in [-0.1, -0.05) is 57.4 Å². The Morgan fingerprint density at radius 2 is 1.12 bits per heavy atom. The Morgan fingerprint density at radius 3 is 1.50 bits per heavy atom. The average molecular weight is 326 g/mol. The van der Waals surface area contributed by atoms with Gasteiger partial charge in [0, 0.05) is 5.41 Å². The Kier molecular flexibility index (Phi) is 5.93. The minimum absolute atomic E-state index is 0.00910. The van der Waals surface area contributed by atoms with Crippen molar-refractivity contribution in [2.24, 2.45) is 0 Å². The van der Waals surface area contributed by atoms with Gasteiger partial charge in [-0.15, -0.1) is 0 Å². The Balaban J connectivity index is 0.00000100. The first-order chi connectivity index (χ1) is 11.5. The van der Waals surface area contributed by atoms with E-state index in [1.807, 2.05) is 39.8 Å². The second-order valence-corrected chi connectivity index (χ2v) is 6.65. The minimum atomic E-state index is 0.00910. The van der Waals surface area contributed by atoms with Gasteiger partial charge in [-0.2, -0.15) is 0 Å². The second kappa shape index (κ2) is 7.74. The van der Waals surface area contributed by atoms with Crippen molar-refractivity contribution in [3.05, 3.63) is 58.7 Å². The zero-order valence-electron chi connectivity index (χ0n) is 15.4. The van der Waals surface area contributed by atoms with Gasteiger partial charge in [0.15, 0.2) is 0 Å². The molecular formula is C22H30O2. The summed E-state index contributed by atoms with van der Waals surface area (Å²) in [7, 11) is 0. The molecule has 2 heteroatoms. The summed E-state index contributed by atoms with van der Waals surface area (Å²) in [6, 6.07) is 12.0. The molecule has 0 saturated heterocycles. The average Bonchev–Trinajstić information content (AvgIpc) is 2.62. The lowest BCUT2D eigenvalue weighted by atomic mass is 9.65. The van der Waals surface area contributed by atoms with Gasteiger partial charge in [0.1, 0.15) is 11.5 Å². The Hall–Kier alpha value is -1.96. The van der Waals surface area contributed by atoms with Gasteiger partial charge in [0.25, 0.3) is 0 Å².